The van der Waals surface area contributed by atoms with E-state index in [0.717, 1.165) is 5.56 Å². The average molecular weight is 208 g/mol. The van der Waals surface area contributed by atoms with Gasteiger partial charge >= 0.3 is 0 Å². The predicted octanol–water partition coefficient (Wildman–Crippen LogP) is 0.511. The number of carbonyl (C=O) groups is 1. The van der Waals surface area contributed by atoms with Gasteiger partial charge in [-0.2, -0.15) is 0 Å². The molecular formula is C11H16N2O2. The fourth-order valence-corrected chi connectivity index (χ4v) is 1.13. The van der Waals surface area contributed by atoms with Crippen LogP contribution in [0.4, 0.5) is 0 Å². The third-order valence-electron chi connectivity index (χ3n) is 2.09. The second-order valence-electron chi connectivity index (χ2n) is 3.40. The van der Waals surface area contributed by atoms with E-state index in [2.05, 4.69) is 10.3 Å². The number of pyridine rings is 1. The normalized spacial score (nSPS) is 12.1. The van der Waals surface area contributed by atoms with E-state index < -0.39 is 6.10 Å². The minimum Gasteiger partial charge on any atom is -0.391 e. The highest BCUT2D eigenvalue weighted by molar-refractivity contribution is 5.78. The number of hydrogen-bond acceptors (Lipinski definition) is 3. The summed E-state index contributed by atoms with van der Waals surface area (Å²) in [6.07, 6.45) is 3.83. The monoisotopic (exact) mass is 208 g/mol. The molecule has 1 aromatic heterocycles. The Morgan fingerprint density at radius 3 is 3.07 bits per heavy atom. The average Bonchev–Trinajstić information content (AvgIpc) is 2.27. The van der Waals surface area contributed by atoms with Crippen LogP contribution in [0.15, 0.2) is 24.5 Å². The van der Waals surface area contributed by atoms with E-state index >= 15 is 0 Å². The smallest absolute Gasteiger partial charge is 0.224 e. The topological polar surface area (TPSA) is 62.2 Å². The zero-order valence-electron chi connectivity index (χ0n) is 8.81. The highest BCUT2D eigenvalue weighted by Crippen LogP contribution is 1.96. The first kappa shape index (κ1) is 11.7. The fraction of sp³-hybridized carbons (Fsp3) is 0.455. The molecule has 4 heteroatoms. The number of aliphatic hydroxyl groups excluding tert-OH is 1. The molecular weight excluding hydrogens is 192 g/mol. The third kappa shape index (κ3) is 4.56. The van der Waals surface area contributed by atoms with Crippen LogP contribution in [0.2, 0.25) is 0 Å². The van der Waals surface area contributed by atoms with Gasteiger partial charge in [0.1, 0.15) is 0 Å². The van der Waals surface area contributed by atoms with Crippen molar-refractivity contribution in [3.05, 3.63) is 30.1 Å². The molecule has 1 unspecified atom stereocenters. The molecule has 1 aromatic rings. The summed E-state index contributed by atoms with van der Waals surface area (Å²) < 4.78 is 0. The van der Waals surface area contributed by atoms with Crippen molar-refractivity contribution in [3.63, 3.8) is 0 Å². The summed E-state index contributed by atoms with van der Waals surface area (Å²) in [6.45, 7) is 2.19. The Morgan fingerprint density at radius 2 is 2.47 bits per heavy atom. The number of nitrogens with one attached hydrogen (secondary N) is 1. The van der Waals surface area contributed by atoms with Gasteiger partial charge in [-0.1, -0.05) is 13.0 Å². The Morgan fingerprint density at radius 1 is 1.67 bits per heavy atom. The van der Waals surface area contributed by atoms with E-state index in [-0.39, 0.29) is 5.91 Å². The quantitative estimate of drug-likeness (QED) is 0.741. The zero-order valence-corrected chi connectivity index (χ0v) is 8.81. The van der Waals surface area contributed by atoms with E-state index in [0.29, 0.717) is 19.4 Å². The van der Waals surface area contributed by atoms with Crippen LogP contribution in [0, 0.1) is 0 Å². The summed E-state index contributed by atoms with van der Waals surface area (Å²) in [5, 5.41) is 11.9. The molecule has 0 bridgehead atoms. The summed E-state index contributed by atoms with van der Waals surface area (Å²) in [5.74, 6) is -0.0875. The van der Waals surface area contributed by atoms with Crippen molar-refractivity contribution in [2.45, 2.75) is 25.9 Å². The summed E-state index contributed by atoms with van der Waals surface area (Å²) in [7, 11) is 0. The number of rotatable bonds is 5. The second-order valence-corrected chi connectivity index (χ2v) is 3.40. The minimum atomic E-state index is -0.456. The van der Waals surface area contributed by atoms with Crippen LogP contribution < -0.4 is 5.32 Å². The molecule has 0 radical (unpaired) electrons. The molecule has 1 amide bonds. The first-order valence-corrected chi connectivity index (χ1v) is 5.06. The van der Waals surface area contributed by atoms with Gasteiger partial charge in [0.15, 0.2) is 0 Å². The third-order valence-corrected chi connectivity index (χ3v) is 2.09. The molecule has 0 aliphatic heterocycles. The van der Waals surface area contributed by atoms with E-state index in [4.69, 9.17) is 0 Å². The van der Waals surface area contributed by atoms with Gasteiger partial charge in [-0.05, 0) is 18.1 Å². The van der Waals surface area contributed by atoms with Crippen LogP contribution in [0.25, 0.3) is 0 Å². The largest absolute Gasteiger partial charge is 0.391 e. The number of hydrogen-bond donors (Lipinski definition) is 2. The maximum absolute atomic E-state index is 11.4. The molecule has 4 nitrogen and oxygen atoms in total. The number of nitrogens with zero attached hydrogens (tertiary/aromatic N) is 1. The zero-order chi connectivity index (χ0) is 11.1. The number of aliphatic hydroxyl groups is 1. The molecule has 0 saturated carbocycles. The van der Waals surface area contributed by atoms with Crippen LogP contribution in [-0.2, 0) is 11.2 Å². The van der Waals surface area contributed by atoms with Crippen molar-refractivity contribution in [2.75, 3.05) is 6.54 Å². The predicted molar refractivity (Wildman–Crippen MR) is 57.2 cm³/mol. The van der Waals surface area contributed by atoms with Crippen LogP contribution >= 0.6 is 0 Å². The van der Waals surface area contributed by atoms with Crippen molar-refractivity contribution in [1.82, 2.24) is 10.3 Å². The molecule has 15 heavy (non-hydrogen) atoms. The number of carbonyl (C=O) groups excluding carboxylic acids is 1. The first-order valence-electron chi connectivity index (χ1n) is 5.06. The van der Waals surface area contributed by atoms with Crippen molar-refractivity contribution in [2.24, 2.45) is 0 Å². The van der Waals surface area contributed by atoms with Gasteiger partial charge in [0.05, 0.1) is 12.5 Å². The van der Waals surface area contributed by atoms with Crippen molar-refractivity contribution in [3.8, 4) is 0 Å². The summed E-state index contributed by atoms with van der Waals surface area (Å²) in [6, 6.07) is 3.65. The molecule has 0 aliphatic carbocycles. The van der Waals surface area contributed by atoms with Gasteiger partial charge in [0, 0.05) is 18.9 Å². The van der Waals surface area contributed by atoms with E-state index in [1.165, 1.54) is 0 Å². The van der Waals surface area contributed by atoms with E-state index in [1.807, 2.05) is 13.0 Å². The Kier molecular flexibility index (Phi) is 4.77. The van der Waals surface area contributed by atoms with Gasteiger partial charge in [-0.15, -0.1) is 0 Å². The summed E-state index contributed by atoms with van der Waals surface area (Å²) in [5.41, 5.74) is 0.876. The van der Waals surface area contributed by atoms with Crippen LogP contribution in [-0.4, -0.2) is 28.6 Å². The number of aromatic nitrogens is 1. The lowest BCUT2D eigenvalue weighted by Gasteiger charge is -2.09. The molecule has 82 valence electrons. The molecule has 0 saturated heterocycles. The Hall–Kier alpha value is -1.42. The maximum atomic E-state index is 11.4. The summed E-state index contributed by atoms with van der Waals surface area (Å²) in [4.78, 5) is 15.3. The Balaban J connectivity index is 2.31. The minimum absolute atomic E-state index is 0.0875. The molecule has 2 N–H and O–H groups in total. The molecule has 0 aromatic carbocycles. The molecule has 1 rings (SSSR count). The van der Waals surface area contributed by atoms with Crippen molar-refractivity contribution < 1.29 is 9.90 Å². The SMILES string of the molecule is CCC(O)CNC(=O)Cc1cccnc1. The molecule has 1 heterocycles. The van der Waals surface area contributed by atoms with E-state index in [9.17, 15) is 9.90 Å². The summed E-state index contributed by atoms with van der Waals surface area (Å²) >= 11 is 0. The second kappa shape index (κ2) is 6.14. The lowest BCUT2D eigenvalue weighted by atomic mass is 10.2. The first-order chi connectivity index (χ1) is 7.22. The molecule has 1 atom stereocenters. The van der Waals surface area contributed by atoms with Gasteiger partial charge in [0.25, 0.3) is 0 Å². The number of amides is 1. The van der Waals surface area contributed by atoms with Crippen LogP contribution in [0.1, 0.15) is 18.9 Å². The molecule has 0 fully saturated rings. The van der Waals surface area contributed by atoms with Gasteiger partial charge in [0.2, 0.25) is 5.91 Å². The highest BCUT2D eigenvalue weighted by atomic mass is 16.3. The fourth-order valence-electron chi connectivity index (χ4n) is 1.13. The lowest BCUT2D eigenvalue weighted by molar-refractivity contribution is -0.120. The van der Waals surface area contributed by atoms with Crippen molar-refractivity contribution in [1.29, 1.82) is 0 Å². The van der Waals surface area contributed by atoms with Gasteiger partial charge in [-0.3, -0.25) is 9.78 Å². The standard InChI is InChI=1S/C11H16N2O2/c1-2-10(14)8-13-11(15)6-9-4-3-5-12-7-9/h3-5,7,10,14H,2,6,8H2,1H3,(H,13,15). The Labute approximate surface area is 89.3 Å². The van der Waals surface area contributed by atoms with Crippen LogP contribution in [0.3, 0.4) is 0 Å². The van der Waals surface area contributed by atoms with Crippen molar-refractivity contribution >= 4 is 5.91 Å². The van der Waals surface area contributed by atoms with Gasteiger partial charge in [-0.25, -0.2) is 0 Å². The maximum Gasteiger partial charge on any atom is 0.224 e. The molecule has 0 spiro atoms. The van der Waals surface area contributed by atoms with E-state index in [1.54, 1.807) is 18.5 Å². The Bertz CT molecular complexity index is 301. The van der Waals surface area contributed by atoms with Crippen LogP contribution in [0.5, 0.6) is 0 Å². The lowest BCUT2D eigenvalue weighted by Crippen LogP contribution is -2.32. The molecule has 0 aliphatic rings. The highest BCUT2D eigenvalue weighted by Gasteiger charge is 2.05. The van der Waals surface area contributed by atoms with Gasteiger partial charge < -0.3 is 10.4 Å².